The van der Waals surface area contributed by atoms with E-state index in [1.54, 1.807) is 0 Å². The van der Waals surface area contributed by atoms with Gasteiger partial charge >= 0.3 is 0 Å². The molecule has 0 spiro atoms. The number of nitrogens with zero attached hydrogens (tertiary/aromatic N) is 1. The molecular formula is C25H29N3O2. The molecule has 4 rings (SSSR count). The van der Waals surface area contributed by atoms with Crippen molar-refractivity contribution >= 4 is 22.7 Å². The van der Waals surface area contributed by atoms with E-state index in [0.717, 1.165) is 48.0 Å². The van der Waals surface area contributed by atoms with E-state index in [1.165, 1.54) is 0 Å². The molecule has 1 fully saturated rings. The maximum absolute atomic E-state index is 13.1. The smallest absolute Gasteiger partial charge is 0.245 e. The highest BCUT2D eigenvalue weighted by atomic mass is 16.2. The van der Waals surface area contributed by atoms with Crippen molar-refractivity contribution in [1.82, 2.24) is 15.2 Å². The number of nitrogens with one attached hydrogen (secondary N) is 2. The van der Waals surface area contributed by atoms with Gasteiger partial charge in [0, 0.05) is 43.0 Å². The lowest BCUT2D eigenvalue weighted by Gasteiger charge is -2.25. The third-order valence-corrected chi connectivity index (χ3v) is 5.98. The minimum atomic E-state index is -0.520. The van der Waals surface area contributed by atoms with Gasteiger partial charge in [0.2, 0.25) is 11.8 Å². The van der Waals surface area contributed by atoms with E-state index >= 15 is 0 Å². The summed E-state index contributed by atoms with van der Waals surface area (Å²) in [6.45, 7) is 3.63. The first-order valence-corrected chi connectivity index (χ1v) is 10.8. The van der Waals surface area contributed by atoms with Crippen LogP contribution in [0, 0.1) is 0 Å². The molecule has 0 bridgehead atoms. The summed E-state index contributed by atoms with van der Waals surface area (Å²) in [7, 11) is 0. The number of benzene rings is 2. The largest absolute Gasteiger partial charge is 0.361 e. The molecule has 2 aromatic carbocycles. The first kappa shape index (κ1) is 20.2. The Kier molecular flexibility index (Phi) is 6.17. The summed E-state index contributed by atoms with van der Waals surface area (Å²) in [5.41, 5.74) is 3.26. The molecule has 156 valence electrons. The predicted octanol–water partition coefficient (Wildman–Crippen LogP) is 4.01. The average Bonchev–Trinajstić information content (AvgIpc) is 3.43. The first-order valence-electron chi connectivity index (χ1n) is 10.8. The van der Waals surface area contributed by atoms with Crippen molar-refractivity contribution in [2.24, 2.45) is 0 Å². The van der Waals surface area contributed by atoms with Crippen molar-refractivity contribution in [3.05, 3.63) is 71.9 Å². The van der Waals surface area contributed by atoms with E-state index in [0.29, 0.717) is 12.8 Å². The fourth-order valence-corrected chi connectivity index (χ4v) is 4.35. The Hall–Kier alpha value is -3.08. The Morgan fingerprint density at radius 3 is 2.50 bits per heavy atom. The summed E-state index contributed by atoms with van der Waals surface area (Å²) in [6, 6.07) is 17.5. The molecule has 1 saturated heterocycles. The Bertz CT molecular complexity index is 1010. The van der Waals surface area contributed by atoms with Crippen molar-refractivity contribution in [2.45, 2.75) is 44.6 Å². The number of fused-ring (bicyclic) bond motifs is 1. The van der Waals surface area contributed by atoms with Crippen LogP contribution < -0.4 is 5.32 Å². The zero-order chi connectivity index (χ0) is 20.9. The molecule has 2 heterocycles. The van der Waals surface area contributed by atoms with Crippen molar-refractivity contribution in [2.75, 3.05) is 13.1 Å². The van der Waals surface area contributed by atoms with Crippen LogP contribution in [0.4, 0.5) is 0 Å². The topological polar surface area (TPSA) is 65.2 Å². The summed E-state index contributed by atoms with van der Waals surface area (Å²) in [5, 5.41) is 4.19. The molecule has 5 heteroatoms. The number of carbonyl (C=O) groups is 2. The third kappa shape index (κ3) is 4.56. The number of para-hydroxylation sites is 1. The highest BCUT2D eigenvalue weighted by molar-refractivity contribution is 5.89. The molecule has 2 amide bonds. The van der Waals surface area contributed by atoms with E-state index in [-0.39, 0.29) is 17.7 Å². The van der Waals surface area contributed by atoms with E-state index < -0.39 is 6.04 Å². The molecule has 1 aliphatic heterocycles. The Balaban J connectivity index is 1.45. The SMILES string of the molecule is CC(CC(=O)NC(Cc1ccccc1)C(=O)N1CCCC1)c1c[nH]c2ccccc12. The summed E-state index contributed by atoms with van der Waals surface area (Å²) < 4.78 is 0. The van der Waals surface area contributed by atoms with Crippen molar-refractivity contribution in [1.29, 1.82) is 0 Å². The molecule has 30 heavy (non-hydrogen) atoms. The summed E-state index contributed by atoms with van der Waals surface area (Å²) in [6.07, 6.45) is 4.92. The molecule has 2 N–H and O–H groups in total. The molecular weight excluding hydrogens is 374 g/mol. The van der Waals surface area contributed by atoms with Crippen LogP contribution in [0.1, 0.15) is 43.2 Å². The minimum absolute atomic E-state index is 0.0319. The standard InChI is InChI=1S/C25H29N3O2/c1-18(21-17-26-22-12-6-5-11-20(21)22)15-24(29)27-23(16-19-9-3-2-4-10-19)25(30)28-13-7-8-14-28/h2-6,9-12,17-18,23,26H,7-8,13-16H2,1H3,(H,27,29). The molecule has 0 saturated carbocycles. The van der Waals surface area contributed by atoms with Gasteiger partial charge in [-0.25, -0.2) is 0 Å². The highest BCUT2D eigenvalue weighted by Crippen LogP contribution is 2.27. The number of likely N-dealkylation sites (tertiary alicyclic amines) is 1. The second-order valence-corrected chi connectivity index (χ2v) is 8.24. The number of amides is 2. The van der Waals surface area contributed by atoms with Gasteiger partial charge in [0.15, 0.2) is 0 Å². The average molecular weight is 404 g/mol. The lowest BCUT2D eigenvalue weighted by molar-refractivity contribution is -0.135. The van der Waals surface area contributed by atoms with E-state index in [4.69, 9.17) is 0 Å². The number of aromatic nitrogens is 1. The molecule has 1 aromatic heterocycles. The molecule has 1 aliphatic rings. The highest BCUT2D eigenvalue weighted by Gasteiger charge is 2.28. The first-order chi connectivity index (χ1) is 14.6. The van der Waals surface area contributed by atoms with Gasteiger partial charge < -0.3 is 15.2 Å². The van der Waals surface area contributed by atoms with E-state index in [9.17, 15) is 9.59 Å². The van der Waals surface area contributed by atoms with Crippen LogP contribution in [0.15, 0.2) is 60.8 Å². The number of aromatic amines is 1. The van der Waals surface area contributed by atoms with E-state index in [2.05, 4.69) is 23.3 Å². The zero-order valence-corrected chi connectivity index (χ0v) is 17.4. The van der Waals surface area contributed by atoms with Crippen molar-refractivity contribution < 1.29 is 9.59 Å². The number of hydrogen-bond donors (Lipinski definition) is 2. The Morgan fingerprint density at radius 2 is 1.73 bits per heavy atom. The fourth-order valence-electron chi connectivity index (χ4n) is 4.35. The van der Waals surface area contributed by atoms with Gasteiger partial charge in [-0.2, -0.15) is 0 Å². The van der Waals surface area contributed by atoms with Crippen LogP contribution in [0.5, 0.6) is 0 Å². The van der Waals surface area contributed by atoms with Gasteiger partial charge in [0.05, 0.1) is 0 Å². The summed E-state index contributed by atoms with van der Waals surface area (Å²) in [4.78, 5) is 31.2. The number of rotatable bonds is 7. The van der Waals surface area contributed by atoms with Crippen LogP contribution >= 0.6 is 0 Å². The normalized spacial score (nSPS) is 15.8. The molecule has 0 radical (unpaired) electrons. The number of carbonyl (C=O) groups excluding carboxylic acids is 2. The molecule has 2 unspecified atom stereocenters. The second kappa shape index (κ2) is 9.16. The van der Waals surface area contributed by atoms with Crippen LogP contribution in [-0.4, -0.2) is 40.8 Å². The molecule has 3 aromatic rings. The second-order valence-electron chi connectivity index (χ2n) is 8.24. The van der Waals surface area contributed by atoms with Crippen molar-refractivity contribution in [3.63, 3.8) is 0 Å². The molecule has 5 nitrogen and oxygen atoms in total. The van der Waals surface area contributed by atoms with Crippen LogP contribution in [0.2, 0.25) is 0 Å². The maximum Gasteiger partial charge on any atom is 0.245 e. The van der Waals surface area contributed by atoms with Gasteiger partial charge in [0.1, 0.15) is 6.04 Å². The van der Waals surface area contributed by atoms with Crippen LogP contribution in [0.25, 0.3) is 10.9 Å². The minimum Gasteiger partial charge on any atom is -0.361 e. The molecule has 2 atom stereocenters. The quantitative estimate of drug-likeness (QED) is 0.626. The Morgan fingerprint density at radius 1 is 1.03 bits per heavy atom. The van der Waals surface area contributed by atoms with Gasteiger partial charge in [-0.1, -0.05) is 55.5 Å². The monoisotopic (exact) mass is 403 g/mol. The molecule has 0 aliphatic carbocycles. The van der Waals surface area contributed by atoms with Gasteiger partial charge in [-0.3, -0.25) is 9.59 Å². The summed E-state index contributed by atoms with van der Waals surface area (Å²) >= 11 is 0. The van der Waals surface area contributed by atoms with Gasteiger partial charge in [-0.15, -0.1) is 0 Å². The summed E-state index contributed by atoms with van der Waals surface area (Å²) in [5.74, 6) is 0.00567. The van der Waals surface area contributed by atoms with E-state index in [1.807, 2.05) is 59.6 Å². The predicted molar refractivity (Wildman–Crippen MR) is 119 cm³/mol. The number of H-pyrrole nitrogens is 1. The number of hydrogen-bond acceptors (Lipinski definition) is 2. The van der Waals surface area contributed by atoms with Crippen LogP contribution in [0.3, 0.4) is 0 Å². The van der Waals surface area contributed by atoms with Gasteiger partial charge in [0.25, 0.3) is 0 Å². The van der Waals surface area contributed by atoms with Gasteiger partial charge in [-0.05, 0) is 36.0 Å². The lowest BCUT2D eigenvalue weighted by Crippen LogP contribution is -2.49. The van der Waals surface area contributed by atoms with Crippen molar-refractivity contribution in [3.8, 4) is 0 Å². The fraction of sp³-hybridized carbons (Fsp3) is 0.360. The maximum atomic E-state index is 13.1. The Labute approximate surface area is 177 Å². The lowest BCUT2D eigenvalue weighted by atomic mass is 9.96. The third-order valence-electron chi connectivity index (χ3n) is 5.98. The van der Waals surface area contributed by atoms with Crippen LogP contribution in [-0.2, 0) is 16.0 Å². The zero-order valence-electron chi connectivity index (χ0n) is 17.4.